The molecule has 2 heterocycles. The van der Waals surface area contributed by atoms with Crippen LogP contribution in [0.2, 0.25) is 0 Å². The number of aliphatic carboxylic acids is 5. The van der Waals surface area contributed by atoms with Crippen molar-refractivity contribution in [2.45, 2.75) is 191 Å². The molecule has 2 aromatic carbocycles. The van der Waals surface area contributed by atoms with E-state index in [0.29, 0.717) is 30.6 Å². The third-order valence-electron chi connectivity index (χ3n) is 16.2. The van der Waals surface area contributed by atoms with Gasteiger partial charge in [0.15, 0.2) is 23.1 Å². The molecule has 4 rings (SSSR count). The highest BCUT2D eigenvalue weighted by Crippen LogP contribution is 2.48. The number of likely N-dealkylation sites (N-methyl/N-ethyl adjacent to an activating group) is 1. The number of ketones is 3. The second-order valence-electron chi connectivity index (χ2n) is 23.7. The van der Waals surface area contributed by atoms with Gasteiger partial charge in [0.2, 0.25) is 23.4 Å². The maximum Gasteiger partial charge on any atom is 0.303 e. The van der Waals surface area contributed by atoms with Crippen molar-refractivity contribution in [1.29, 1.82) is 0 Å². The Morgan fingerprint density at radius 3 is 1.56 bits per heavy atom. The highest BCUT2D eigenvalue weighted by molar-refractivity contribution is 7.85. The number of allylic oxidation sites excluding steroid dienone is 8. The Balaban J connectivity index is 1.49. The molecule has 0 fully saturated rings. The third-order valence-corrected chi connectivity index (χ3v) is 17.1. The average molecular weight is 1270 g/mol. The summed E-state index contributed by atoms with van der Waals surface area (Å²) in [6.45, 7) is 15.2. The molecule has 0 radical (unpaired) electrons. The number of unbranched alkanes of at least 4 members (excludes halogenated alkanes) is 2. The van der Waals surface area contributed by atoms with Gasteiger partial charge in [-0.05, 0) is 102 Å². The van der Waals surface area contributed by atoms with Crippen LogP contribution in [0, 0.1) is 18.8 Å². The maximum atomic E-state index is 14.0. The SMILES string of the molecule is CCC(=O)[C@@H](CCC(=O)O)NC(=O)[C@@H](CCC(=O)O)CC(=O)[C@@H](CCC(=O)O)NC(=O)[C@@H](CCC(=O)O)CC(=O)[C@@H](CCC(=O)O)NC(=O)CCCCC[N+]1=C(C=CC=CC=CC=C2N(CC)c3ccc(C)cc3C2(C)C)C(C)(C)c2cc(S(=O)(=O)O)ccc21. The molecule has 0 bridgehead atoms. The molecule has 0 saturated carbocycles. The molecule has 490 valence electrons. The van der Waals surface area contributed by atoms with E-state index in [-0.39, 0.29) is 36.0 Å². The minimum absolute atomic E-state index is 0.110. The number of carbonyl (C=O) groups excluding carboxylic acids is 6. The number of carboxylic acid groups (broad SMARTS) is 5. The van der Waals surface area contributed by atoms with Gasteiger partial charge in [0.1, 0.15) is 6.54 Å². The minimum Gasteiger partial charge on any atom is -0.481 e. The van der Waals surface area contributed by atoms with Gasteiger partial charge in [-0.2, -0.15) is 13.0 Å². The van der Waals surface area contributed by atoms with E-state index >= 15 is 0 Å². The molecule has 2 aliphatic heterocycles. The van der Waals surface area contributed by atoms with Gasteiger partial charge in [0.25, 0.3) is 10.1 Å². The molecular formula is C65H86N5O19S+. The van der Waals surface area contributed by atoms with Gasteiger partial charge in [0.05, 0.1) is 28.4 Å². The quantitative estimate of drug-likeness (QED) is 0.0135. The average Bonchev–Trinajstić information content (AvgIpc) is 2.05. The Morgan fingerprint density at radius 2 is 1.06 bits per heavy atom. The van der Waals surface area contributed by atoms with Crippen LogP contribution in [-0.2, 0) is 73.7 Å². The zero-order valence-corrected chi connectivity index (χ0v) is 52.9. The van der Waals surface area contributed by atoms with Crippen molar-refractivity contribution in [2.24, 2.45) is 11.8 Å². The van der Waals surface area contributed by atoms with Crippen LogP contribution in [0.1, 0.15) is 167 Å². The maximum absolute atomic E-state index is 14.0. The monoisotopic (exact) mass is 1270 g/mol. The van der Waals surface area contributed by atoms with E-state index in [0.717, 1.165) is 12.3 Å². The van der Waals surface area contributed by atoms with E-state index in [2.05, 4.69) is 72.8 Å². The molecule has 0 unspecified atom stereocenters. The van der Waals surface area contributed by atoms with Crippen LogP contribution in [-0.4, -0.2) is 145 Å². The van der Waals surface area contributed by atoms with Crippen LogP contribution in [0.15, 0.2) is 89.5 Å². The second kappa shape index (κ2) is 33.9. The lowest BCUT2D eigenvalue weighted by Gasteiger charge is -2.25. The van der Waals surface area contributed by atoms with Crippen LogP contribution in [0.5, 0.6) is 0 Å². The molecule has 0 saturated heterocycles. The number of hydrogen-bond donors (Lipinski definition) is 9. The summed E-state index contributed by atoms with van der Waals surface area (Å²) in [7, 11) is -4.54. The van der Waals surface area contributed by atoms with Crippen LogP contribution < -0.4 is 20.9 Å². The predicted octanol–water partition coefficient (Wildman–Crippen LogP) is 7.46. The van der Waals surface area contributed by atoms with Crippen LogP contribution in [0.25, 0.3) is 0 Å². The van der Waals surface area contributed by atoms with E-state index in [1.807, 2.05) is 54.9 Å². The Hall–Kier alpha value is -8.45. The molecule has 5 atom stereocenters. The second-order valence-corrected chi connectivity index (χ2v) is 25.1. The van der Waals surface area contributed by atoms with Gasteiger partial charge in [-0.25, -0.2) is 0 Å². The van der Waals surface area contributed by atoms with E-state index in [1.165, 1.54) is 41.6 Å². The molecule has 90 heavy (non-hydrogen) atoms. The summed E-state index contributed by atoms with van der Waals surface area (Å²) in [5.41, 5.74) is 6.09. The first kappa shape index (κ1) is 74.0. The summed E-state index contributed by atoms with van der Waals surface area (Å²) in [5.74, 6) is -14.9. The lowest BCUT2D eigenvalue weighted by Crippen LogP contribution is -2.48. The summed E-state index contributed by atoms with van der Waals surface area (Å²) in [6.07, 6.45) is 7.52. The van der Waals surface area contributed by atoms with E-state index in [4.69, 9.17) is 0 Å². The molecule has 2 aromatic rings. The minimum atomic E-state index is -4.54. The van der Waals surface area contributed by atoms with Crippen molar-refractivity contribution in [3.63, 3.8) is 0 Å². The Bertz CT molecular complexity index is 3320. The van der Waals surface area contributed by atoms with Crippen molar-refractivity contribution in [3.8, 4) is 0 Å². The highest BCUT2D eigenvalue weighted by atomic mass is 32.2. The van der Waals surface area contributed by atoms with E-state index in [9.17, 15) is 91.2 Å². The highest BCUT2D eigenvalue weighted by Gasteiger charge is 2.45. The lowest BCUT2D eigenvalue weighted by molar-refractivity contribution is -0.438. The smallest absolute Gasteiger partial charge is 0.303 e. The summed E-state index contributed by atoms with van der Waals surface area (Å²) in [4.78, 5) is 142. The standard InChI is InChI=1S/C65H85N5O19S/c1-8-51(71)46(25-32-59(79)80)67-62(85)42(23-31-58(77)78)38-53(73)48(27-34-61(83)84)68-63(86)41(22-30-57(75)76)37-52(72)47(26-33-60(81)82)66-56(74)20-16-13-17-35-70-50-29-24-43(90(87,88)89)39-45(50)65(6,7)55(70)19-15-12-10-11-14-18-54-64(4,5)44-36-40(3)21-28-49(44)69(54)9-2/h10-12,14-15,18-19,21,24,28-29,36,39,41-42,46-48H,8-9,13,16-17,20,22-23,25-27,30-35,37-38H2,1-7H3,(H8-,66,67,68,74,75,76,77,78,79,80,81,82,83,84,85,86,87,88,89)/p+1/t41-,42-,46+,47+,48+/m0/s1. The summed E-state index contributed by atoms with van der Waals surface area (Å²) >= 11 is 0. The fourth-order valence-corrected chi connectivity index (χ4v) is 11.8. The summed E-state index contributed by atoms with van der Waals surface area (Å²) in [5, 5.41) is 54.6. The number of fused-ring (bicyclic) bond motifs is 2. The normalized spacial score (nSPS) is 16.3. The zero-order chi connectivity index (χ0) is 67.3. The zero-order valence-electron chi connectivity index (χ0n) is 52.1. The predicted molar refractivity (Wildman–Crippen MR) is 332 cm³/mol. The number of rotatable bonds is 40. The molecule has 2 aliphatic rings. The van der Waals surface area contributed by atoms with Gasteiger partial charge in [-0.15, -0.1) is 0 Å². The van der Waals surface area contributed by atoms with Crippen LogP contribution in [0.3, 0.4) is 0 Å². The molecule has 25 heteroatoms. The number of amides is 3. The van der Waals surface area contributed by atoms with Crippen LogP contribution >= 0.6 is 0 Å². The number of anilines is 1. The number of nitrogens with zero attached hydrogens (tertiary/aromatic N) is 2. The molecule has 0 aromatic heterocycles. The molecule has 0 aliphatic carbocycles. The Kier molecular flexibility index (Phi) is 27.9. The first-order chi connectivity index (χ1) is 42.2. The number of carbonyl (C=O) groups is 11. The van der Waals surface area contributed by atoms with Crippen molar-refractivity contribution in [1.82, 2.24) is 16.0 Å². The van der Waals surface area contributed by atoms with Crippen molar-refractivity contribution >= 4 is 92.1 Å². The Morgan fingerprint density at radius 1 is 0.567 bits per heavy atom. The number of aryl methyl sites for hydroxylation is 1. The molecule has 24 nitrogen and oxygen atoms in total. The molecule has 9 N–H and O–H groups in total. The van der Waals surface area contributed by atoms with Gasteiger partial charge >= 0.3 is 29.8 Å². The fraction of sp³-hybridized carbons (Fsp3) is 0.508. The Labute approximate surface area is 524 Å². The molecule has 3 amide bonds. The van der Waals surface area contributed by atoms with Gasteiger partial charge in [-0.3, -0.25) is 57.3 Å². The first-order valence-corrected chi connectivity index (χ1v) is 31.6. The molecular weight excluding hydrogens is 1190 g/mol. The van der Waals surface area contributed by atoms with Gasteiger partial charge in [0, 0.05) is 117 Å². The number of hydrogen-bond acceptors (Lipinski definition) is 14. The van der Waals surface area contributed by atoms with Crippen molar-refractivity contribution in [2.75, 3.05) is 18.0 Å². The summed E-state index contributed by atoms with van der Waals surface area (Å²) < 4.78 is 36.5. The first-order valence-electron chi connectivity index (χ1n) is 30.2. The largest absolute Gasteiger partial charge is 0.481 e. The summed E-state index contributed by atoms with van der Waals surface area (Å²) in [6, 6.07) is 6.41. The lowest BCUT2D eigenvalue weighted by atomic mass is 9.81. The van der Waals surface area contributed by atoms with Gasteiger partial charge in [-0.1, -0.05) is 68.8 Å². The van der Waals surface area contributed by atoms with E-state index < -0.39 is 181 Å². The van der Waals surface area contributed by atoms with Crippen LogP contribution in [0.4, 0.5) is 11.4 Å². The topological polar surface area (TPSA) is 386 Å². The van der Waals surface area contributed by atoms with E-state index in [1.54, 1.807) is 6.07 Å². The van der Waals surface area contributed by atoms with Crippen molar-refractivity contribution in [3.05, 3.63) is 101 Å². The molecule has 0 spiro atoms. The number of nitrogens with one attached hydrogen (secondary N) is 3. The third kappa shape index (κ3) is 21.7. The van der Waals surface area contributed by atoms with Crippen molar-refractivity contribution < 1.29 is 95.8 Å². The number of benzene rings is 2. The number of carboxylic acids is 5. The number of Topliss-reactive ketones (excluding diaryl/α,β-unsaturated/α-hetero) is 3. The fourth-order valence-electron chi connectivity index (χ4n) is 11.3. The van der Waals surface area contributed by atoms with Gasteiger partial charge < -0.3 is 46.4 Å².